The number of hydrogen-bond donors (Lipinski definition) is 0. The third kappa shape index (κ3) is 3.28. The van der Waals surface area contributed by atoms with Crippen LogP contribution in [0.1, 0.15) is 35.8 Å². The zero-order valence-corrected chi connectivity index (χ0v) is 15.8. The third-order valence-electron chi connectivity index (χ3n) is 5.47. The largest absolute Gasteiger partial charge is 0.355 e. The lowest BCUT2D eigenvalue weighted by atomic mass is 10.2. The average Bonchev–Trinajstić information content (AvgIpc) is 3.54. The van der Waals surface area contributed by atoms with Crippen molar-refractivity contribution in [2.75, 3.05) is 24.5 Å². The normalized spacial score (nSPS) is 19.3. The number of nitrogens with zero attached hydrogens (tertiary/aromatic N) is 6. The van der Waals surface area contributed by atoms with E-state index in [9.17, 15) is 9.59 Å². The third-order valence-corrected chi connectivity index (χ3v) is 5.47. The Bertz CT molecular complexity index is 1040. The van der Waals surface area contributed by atoms with Crippen molar-refractivity contribution in [3.05, 3.63) is 48.7 Å². The SMILES string of the molecule is O=C(c1cc(-c2cccnc2)on1)N1CCC(n2cc(N3CCCC3=O)cn2)C1. The lowest BCUT2D eigenvalue weighted by molar-refractivity contribution is -0.117. The summed E-state index contributed by atoms with van der Waals surface area (Å²) in [5.74, 6) is 0.501. The molecular formula is C20H20N6O3. The number of rotatable bonds is 4. The number of hydrogen-bond acceptors (Lipinski definition) is 6. The van der Waals surface area contributed by atoms with Gasteiger partial charge in [-0.25, -0.2) is 0 Å². The van der Waals surface area contributed by atoms with Crippen LogP contribution in [0.15, 0.2) is 47.5 Å². The standard InChI is InChI=1S/C20H20N6O3/c27-19-4-2-7-25(19)16-11-22-26(13-16)15-5-8-24(12-15)20(28)17-9-18(29-23-17)14-3-1-6-21-10-14/h1,3,6,9-11,13,15H,2,4-5,7-8,12H2. The van der Waals surface area contributed by atoms with Crippen molar-refractivity contribution in [1.82, 2.24) is 24.8 Å². The van der Waals surface area contributed by atoms with Crippen molar-refractivity contribution in [3.8, 4) is 11.3 Å². The summed E-state index contributed by atoms with van der Waals surface area (Å²) in [6.07, 6.45) is 9.25. The molecule has 0 aliphatic carbocycles. The second-order valence-corrected chi connectivity index (χ2v) is 7.34. The van der Waals surface area contributed by atoms with Gasteiger partial charge in [-0.15, -0.1) is 0 Å². The molecule has 0 aromatic carbocycles. The van der Waals surface area contributed by atoms with Crippen molar-refractivity contribution in [2.24, 2.45) is 0 Å². The lowest BCUT2D eigenvalue weighted by Crippen LogP contribution is -2.29. The molecule has 0 bridgehead atoms. The van der Waals surface area contributed by atoms with Crippen molar-refractivity contribution < 1.29 is 14.1 Å². The Morgan fingerprint density at radius 3 is 2.97 bits per heavy atom. The molecule has 1 unspecified atom stereocenters. The van der Waals surface area contributed by atoms with Crippen molar-refractivity contribution >= 4 is 17.5 Å². The first kappa shape index (κ1) is 17.6. The molecule has 148 valence electrons. The number of likely N-dealkylation sites (tertiary alicyclic amines) is 1. The highest BCUT2D eigenvalue weighted by molar-refractivity contribution is 5.95. The van der Waals surface area contributed by atoms with Crippen LogP contribution < -0.4 is 4.90 Å². The first-order chi connectivity index (χ1) is 14.2. The molecule has 2 amide bonds. The van der Waals surface area contributed by atoms with Gasteiger partial charge in [-0.1, -0.05) is 5.16 Å². The Balaban J connectivity index is 1.26. The minimum atomic E-state index is -0.159. The van der Waals surface area contributed by atoms with Crippen LogP contribution in [0.5, 0.6) is 0 Å². The van der Waals surface area contributed by atoms with Gasteiger partial charge in [-0.2, -0.15) is 5.10 Å². The van der Waals surface area contributed by atoms with E-state index < -0.39 is 0 Å². The van der Waals surface area contributed by atoms with Crippen LogP contribution >= 0.6 is 0 Å². The second kappa shape index (κ2) is 7.16. The van der Waals surface area contributed by atoms with E-state index >= 15 is 0 Å². The van der Waals surface area contributed by atoms with Crippen LogP contribution in [0.25, 0.3) is 11.3 Å². The molecule has 5 heterocycles. The van der Waals surface area contributed by atoms with E-state index in [1.807, 2.05) is 16.9 Å². The van der Waals surface area contributed by atoms with Gasteiger partial charge in [0.15, 0.2) is 11.5 Å². The monoisotopic (exact) mass is 392 g/mol. The van der Waals surface area contributed by atoms with Crippen LogP contribution in [0.3, 0.4) is 0 Å². The molecule has 9 nitrogen and oxygen atoms in total. The summed E-state index contributed by atoms with van der Waals surface area (Å²) in [6, 6.07) is 5.39. The molecule has 0 spiro atoms. The summed E-state index contributed by atoms with van der Waals surface area (Å²) in [7, 11) is 0. The van der Waals surface area contributed by atoms with E-state index in [-0.39, 0.29) is 23.6 Å². The summed E-state index contributed by atoms with van der Waals surface area (Å²) in [6.45, 7) is 1.91. The van der Waals surface area contributed by atoms with Gasteiger partial charge in [0.1, 0.15) is 0 Å². The highest BCUT2D eigenvalue weighted by atomic mass is 16.5. The highest BCUT2D eigenvalue weighted by Gasteiger charge is 2.31. The van der Waals surface area contributed by atoms with Gasteiger partial charge in [-0.05, 0) is 25.0 Å². The molecule has 5 rings (SSSR count). The first-order valence-electron chi connectivity index (χ1n) is 9.70. The van der Waals surface area contributed by atoms with E-state index in [2.05, 4.69) is 15.2 Å². The Morgan fingerprint density at radius 1 is 1.24 bits per heavy atom. The second-order valence-electron chi connectivity index (χ2n) is 7.34. The molecule has 3 aromatic heterocycles. The molecular weight excluding hydrogens is 372 g/mol. The van der Waals surface area contributed by atoms with Gasteiger partial charge in [0, 0.05) is 56.3 Å². The molecule has 2 aliphatic heterocycles. The Morgan fingerprint density at radius 2 is 2.17 bits per heavy atom. The molecule has 0 N–H and O–H groups in total. The van der Waals surface area contributed by atoms with Gasteiger partial charge in [-0.3, -0.25) is 19.3 Å². The minimum Gasteiger partial charge on any atom is -0.355 e. The Kier molecular flexibility index (Phi) is 4.34. The molecule has 0 radical (unpaired) electrons. The molecule has 3 aromatic rings. The molecule has 1 atom stereocenters. The number of aromatic nitrogens is 4. The molecule has 0 saturated carbocycles. The fourth-order valence-corrected chi connectivity index (χ4v) is 3.91. The zero-order valence-electron chi connectivity index (χ0n) is 15.8. The summed E-state index contributed by atoms with van der Waals surface area (Å²) >= 11 is 0. The zero-order chi connectivity index (χ0) is 19.8. The first-order valence-corrected chi connectivity index (χ1v) is 9.70. The molecule has 2 saturated heterocycles. The molecule has 2 aliphatic rings. The topological polar surface area (TPSA) is 97.4 Å². The maximum absolute atomic E-state index is 12.8. The van der Waals surface area contributed by atoms with Crippen LogP contribution in [0, 0.1) is 0 Å². The highest BCUT2D eigenvalue weighted by Crippen LogP contribution is 2.27. The minimum absolute atomic E-state index is 0.0788. The van der Waals surface area contributed by atoms with Crippen LogP contribution in [-0.2, 0) is 4.79 Å². The van der Waals surface area contributed by atoms with E-state index in [1.54, 1.807) is 40.5 Å². The lowest BCUT2D eigenvalue weighted by Gasteiger charge is -2.15. The molecule has 2 fully saturated rings. The Labute approximate surface area is 166 Å². The maximum Gasteiger partial charge on any atom is 0.276 e. The van der Waals surface area contributed by atoms with Gasteiger partial charge in [0.2, 0.25) is 5.91 Å². The number of anilines is 1. The quantitative estimate of drug-likeness (QED) is 0.675. The van der Waals surface area contributed by atoms with E-state index in [4.69, 9.17) is 4.52 Å². The van der Waals surface area contributed by atoms with Crippen LogP contribution in [0.4, 0.5) is 5.69 Å². The smallest absolute Gasteiger partial charge is 0.276 e. The molecule has 29 heavy (non-hydrogen) atoms. The predicted molar refractivity (Wildman–Crippen MR) is 103 cm³/mol. The fourth-order valence-electron chi connectivity index (χ4n) is 3.91. The number of pyridine rings is 1. The van der Waals surface area contributed by atoms with Crippen molar-refractivity contribution in [3.63, 3.8) is 0 Å². The van der Waals surface area contributed by atoms with Gasteiger partial charge in [0.25, 0.3) is 5.91 Å². The number of carbonyl (C=O) groups excluding carboxylic acids is 2. The summed E-state index contributed by atoms with van der Waals surface area (Å²) < 4.78 is 7.18. The summed E-state index contributed by atoms with van der Waals surface area (Å²) in [5, 5.41) is 8.37. The van der Waals surface area contributed by atoms with Gasteiger partial charge >= 0.3 is 0 Å². The fraction of sp³-hybridized carbons (Fsp3) is 0.350. The Hall–Kier alpha value is -3.49. The number of carbonyl (C=O) groups is 2. The van der Waals surface area contributed by atoms with E-state index in [1.165, 1.54) is 0 Å². The van der Waals surface area contributed by atoms with Gasteiger partial charge in [0.05, 0.1) is 17.9 Å². The average molecular weight is 392 g/mol. The van der Waals surface area contributed by atoms with E-state index in [0.717, 1.165) is 30.6 Å². The van der Waals surface area contributed by atoms with E-state index in [0.29, 0.717) is 25.3 Å². The predicted octanol–water partition coefficient (Wildman–Crippen LogP) is 2.15. The van der Waals surface area contributed by atoms with Crippen molar-refractivity contribution in [2.45, 2.75) is 25.3 Å². The molecule has 9 heteroatoms. The van der Waals surface area contributed by atoms with Crippen LogP contribution in [0.2, 0.25) is 0 Å². The summed E-state index contributed by atoms with van der Waals surface area (Å²) in [5.41, 5.74) is 1.89. The van der Waals surface area contributed by atoms with Crippen molar-refractivity contribution in [1.29, 1.82) is 0 Å². The number of amides is 2. The van der Waals surface area contributed by atoms with Gasteiger partial charge < -0.3 is 14.3 Å². The van der Waals surface area contributed by atoms with Crippen LogP contribution in [-0.4, -0.2) is 56.3 Å². The maximum atomic E-state index is 12.8. The summed E-state index contributed by atoms with van der Waals surface area (Å²) in [4.78, 5) is 32.3.